The van der Waals surface area contributed by atoms with Crippen LogP contribution in [0.25, 0.3) is 0 Å². The van der Waals surface area contributed by atoms with Crippen LogP contribution in [0.15, 0.2) is 35.5 Å². The average molecular weight is 294 g/mol. The van der Waals surface area contributed by atoms with Gasteiger partial charge in [0.2, 0.25) is 0 Å². The van der Waals surface area contributed by atoms with Gasteiger partial charge >= 0.3 is 5.97 Å². The molecule has 2 atom stereocenters. The van der Waals surface area contributed by atoms with Crippen LogP contribution in [0.4, 0.5) is 0 Å². The van der Waals surface area contributed by atoms with E-state index in [-0.39, 0.29) is 23.3 Å². The Labute approximate surface area is 123 Å². The van der Waals surface area contributed by atoms with E-state index in [9.17, 15) is 9.90 Å². The quantitative estimate of drug-likeness (QED) is 0.504. The van der Waals surface area contributed by atoms with Gasteiger partial charge in [0.25, 0.3) is 0 Å². The summed E-state index contributed by atoms with van der Waals surface area (Å²) >= 11 is 4.35. The van der Waals surface area contributed by atoms with Crippen molar-refractivity contribution in [2.45, 2.75) is 25.4 Å². The summed E-state index contributed by atoms with van der Waals surface area (Å²) in [4.78, 5) is 12.1. The van der Waals surface area contributed by atoms with E-state index in [1.165, 1.54) is 0 Å². The van der Waals surface area contributed by atoms with Crippen LogP contribution in [0.5, 0.6) is 5.75 Å². The first-order valence-electron chi connectivity index (χ1n) is 6.40. The van der Waals surface area contributed by atoms with Crippen molar-refractivity contribution in [2.24, 2.45) is 0 Å². The molecule has 0 saturated carbocycles. The molecule has 0 bridgehead atoms. The van der Waals surface area contributed by atoms with E-state index in [1.807, 2.05) is 6.92 Å². The zero-order valence-electron chi connectivity index (χ0n) is 11.4. The van der Waals surface area contributed by atoms with Crippen LogP contribution >= 0.6 is 12.6 Å². The highest BCUT2D eigenvalue weighted by Gasteiger charge is 2.31. The molecule has 1 aromatic carbocycles. The third-order valence-electron chi connectivity index (χ3n) is 3.09. The number of allylic oxidation sites excluding steroid dienone is 1. The number of aromatic hydroxyl groups is 1. The number of nitrogens with one attached hydrogen (secondary N) is 2. The zero-order chi connectivity index (χ0) is 14.7. The Bertz CT molecular complexity index is 528. The molecule has 0 amide bonds. The number of rotatable bonds is 3. The molecule has 1 aliphatic heterocycles. The molecule has 0 radical (unpaired) electrons. The SMILES string of the molecule is CCOC(=O)C1=C(C)NC(S)NC1c1ccc(O)cc1. The molecule has 0 fully saturated rings. The van der Waals surface area contributed by atoms with Gasteiger partial charge in [-0.15, -0.1) is 12.6 Å². The van der Waals surface area contributed by atoms with E-state index in [1.54, 1.807) is 31.2 Å². The molecule has 2 unspecified atom stereocenters. The van der Waals surface area contributed by atoms with Crippen LogP contribution in [-0.4, -0.2) is 23.2 Å². The van der Waals surface area contributed by atoms with Gasteiger partial charge in [0.15, 0.2) is 0 Å². The fourth-order valence-corrected chi connectivity index (χ4v) is 2.53. The monoisotopic (exact) mass is 294 g/mol. The van der Waals surface area contributed by atoms with Crippen LogP contribution in [-0.2, 0) is 9.53 Å². The zero-order valence-corrected chi connectivity index (χ0v) is 12.3. The van der Waals surface area contributed by atoms with Crippen molar-refractivity contribution in [1.82, 2.24) is 10.6 Å². The molecule has 0 spiro atoms. The Hall–Kier alpha value is -1.66. The Morgan fingerprint density at radius 1 is 1.40 bits per heavy atom. The Balaban J connectivity index is 2.39. The van der Waals surface area contributed by atoms with Gasteiger partial charge < -0.3 is 15.2 Å². The number of thiol groups is 1. The number of esters is 1. The lowest BCUT2D eigenvalue weighted by Gasteiger charge is -2.32. The maximum absolute atomic E-state index is 12.1. The van der Waals surface area contributed by atoms with Crippen molar-refractivity contribution in [1.29, 1.82) is 0 Å². The summed E-state index contributed by atoms with van der Waals surface area (Å²) in [5, 5.41) is 15.6. The summed E-state index contributed by atoms with van der Waals surface area (Å²) < 4.78 is 5.11. The maximum Gasteiger partial charge on any atom is 0.337 e. The highest BCUT2D eigenvalue weighted by Crippen LogP contribution is 2.29. The minimum atomic E-state index is -0.358. The fourth-order valence-electron chi connectivity index (χ4n) is 2.19. The number of carbonyl (C=O) groups excluding carboxylic acids is 1. The lowest BCUT2D eigenvalue weighted by atomic mass is 9.95. The molecule has 0 saturated heterocycles. The van der Waals surface area contributed by atoms with E-state index in [4.69, 9.17) is 4.74 Å². The standard InChI is InChI=1S/C14H18N2O3S/c1-3-19-13(18)11-8(2)15-14(20)16-12(11)9-4-6-10(17)7-5-9/h4-7,12,14-17,20H,3H2,1-2H3. The van der Waals surface area contributed by atoms with Gasteiger partial charge in [-0.2, -0.15) is 0 Å². The first-order chi connectivity index (χ1) is 9.52. The first kappa shape index (κ1) is 14.7. The summed E-state index contributed by atoms with van der Waals surface area (Å²) in [6.07, 6.45) is 0. The second-order valence-electron chi connectivity index (χ2n) is 4.50. The van der Waals surface area contributed by atoms with Crippen molar-refractivity contribution in [3.8, 4) is 5.75 Å². The summed E-state index contributed by atoms with van der Waals surface area (Å²) in [5.41, 5.74) is 1.88. The third-order valence-corrected chi connectivity index (χ3v) is 3.37. The third kappa shape index (κ3) is 3.08. The molecule has 5 nitrogen and oxygen atoms in total. The highest BCUT2D eigenvalue weighted by atomic mass is 32.1. The second kappa shape index (κ2) is 6.19. The van der Waals surface area contributed by atoms with Crippen molar-refractivity contribution in [3.05, 3.63) is 41.1 Å². The molecular formula is C14H18N2O3S. The van der Waals surface area contributed by atoms with E-state index in [2.05, 4.69) is 23.3 Å². The average Bonchev–Trinajstić information content (AvgIpc) is 2.38. The lowest BCUT2D eigenvalue weighted by molar-refractivity contribution is -0.139. The molecule has 1 aliphatic rings. The highest BCUT2D eigenvalue weighted by molar-refractivity contribution is 7.80. The summed E-state index contributed by atoms with van der Waals surface area (Å²) in [7, 11) is 0. The number of ether oxygens (including phenoxy) is 1. The van der Waals surface area contributed by atoms with Crippen LogP contribution in [0.1, 0.15) is 25.5 Å². The Morgan fingerprint density at radius 3 is 2.65 bits per heavy atom. The lowest BCUT2D eigenvalue weighted by Crippen LogP contribution is -2.46. The van der Waals surface area contributed by atoms with Crippen LogP contribution in [0.2, 0.25) is 0 Å². The van der Waals surface area contributed by atoms with Gasteiger partial charge in [0.05, 0.1) is 18.2 Å². The van der Waals surface area contributed by atoms with Crippen molar-refractivity contribution in [3.63, 3.8) is 0 Å². The van der Waals surface area contributed by atoms with Gasteiger partial charge in [-0.05, 0) is 31.5 Å². The molecule has 6 heteroatoms. The normalized spacial score (nSPS) is 22.4. The van der Waals surface area contributed by atoms with E-state index < -0.39 is 0 Å². The summed E-state index contributed by atoms with van der Waals surface area (Å²) in [6, 6.07) is 6.39. The molecule has 0 aromatic heterocycles. The molecule has 0 aliphatic carbocycles. The molecule has 2 rings (SSSR count). The number of benzene rings is 1. The summed E-state index contributed by atoms with van der Waals surface area (Å²) in [6.45, 7) is 3.92. The predicted octanol–water partition coefficient (Wildman–Crippen LogP) is 1.68. The van der Waals surface area contributed by atoms with Crippen molar-refractivity contribution in [2.75, 3.05) is 6.61 Å². The molecule has 1 aromatic rings. The van der Waals surface area contributed by atoms with Gasteiger partial charge in [0.1, 0.15) is 11.2 Å². The van der Waals surface area contributed by atoms with E-state index in [0.717, 1.165) is 11.3 Å². The maximum atomic E-state index is 12.1. The summed E-state index contributed by atoms with van der Waals surface area (Å²) in [5.74, 6) is -0.174. The van der Waals surface area contributed by atoms with Crippen LogP contribution in [0.3, 0.4) is 0 Å². The number of hydrogen-bond acceptors (Lipinski definition) is 6. The Morgan fingerprint density at radius 2 is 2.05 bits per heavy atom. The van der Waals surface area contributed by atoms with Gasteiger partial charge in [0, 0.05) is 5.70 Å². The smallest absolute Gasteiger partial charge is 0.337 e. The number of phenols is 1. The molecule has 3 N–H and O–H groups in total. The minimum absolute atomic E-state index is 0.184. The van der Waals surface area contributed by atoms with Crippen molar-refractivity contribution >= 4 is 18.6 Å². The minimum Gasteiger partial charge on any atom is -0.508 e. The molecule has 108 valence electrons. The van der Waals surface area contributed by atoms with Gasteiger partial charge in [-0.3, -0.25) is 5.32 Å². The van der Waals surface area contributed by atoms with Crippen LogP contribution < -0.4 is 10.6 Å². The molecule has 1 heterocycles. The van der Waals surface area contributed by atoms with Gasteiger partial charge in [-0.25, -0.2) is 4.79 Å². The van der Waals surface area contributed by atoms with Crippen molar-refractivity contribution < 1.29 is 14.6 Å². The second-order valence-corrected chi connectivity index (χ2v) is 5.01. The Kier molecular flexibility index (Phi) is 4.57. The largest absolute Gasteiger partial charge is 0.508 e. The van der Waals surface area contributed by atoms with E-state index in [0.29, 0.717) is 12.2 Å². The number of hydrogen-bond donors (Lipinski definition) is 4. The fraction of sp³-hybridized carbons (Fsp3) is 0.357. The van der Waals surface area contributed by atoms with Gasteiger partial charge in [-0.1, -0.05) is 12.1 Å². The molecule has 20 heavy (non-hydrogen) atoms. The number of phenolic OH excluding ortho intramolecular Hbond substituents is 1. The molecular weight excluding hydrogens is 276 g/mol. The van der Waals surface area contributed by atoms with Crippen LogP contribution in [0, 0.1) is 0 Å². The first-order valence-corrected chi connectivity index (χ1v) is 6.92. The van der Waals surface area contributed by atoms with E-state index >= 15 is 0 Å². The topological polar surface area (TPSA) is 70.6 Å². The number of carbonyl (C=O) groups is 1. The predicted molar refractivity (Wildman–Crippen MR) is 79.2 cm³/mol.